The molecule has 2 rings (SSSR count). The predicted octanol–water partition coefficient (Wildman–Crippen LogP) is 3.84. The molecule has 1 aromatic heterocycles. The Morgan fingerprint density at radius 1 is 1.26 bits per heavy atom. The van der Waals surface area contributed by atoms with Crippen molar-refractivity contribution in [3.63, 3.8) is 0 Å². The van der Waals surface area contributed by atoms with Gasteiger partial charge in [0.2, 0.25) is 10.0 Å². The number of nitrogens with one attached hydrogen (secondary N) is 1. The third kappa shape index (κ3) is 3.47. The molecule has 0 fully saturated rings. The molecule has 0 aliphatic heterocycles. The Morgan fingerprint density at radius 3 is 2.63 bits per heavy atom. The van der Waals surface area contributed by atoms with Gasteiger partial charge in [0.25, 0.3) is 0 Å². The fraction of sp³-hybridized carbons (Fsp3) is 0.167. The minimum Gasteiger partial charge on any atom is -0.468 e. The number of sulfonamides is 1. The Kier molecular flexibility index (Phi) is 4.50. The minimum atomic E-state index is -3.63. The van der Waals surface area contributed by atoms with E-state index < -0.39 is 16.1 Å². The van der Waals surface area contributed by atoms with Crippen molar-refractivity contribution >= 4 is 41.9 Å². The second-order valence-electron chi connectivity index (χ2n) is 3.93. The predicted molar refractivity (Wildman–Crippen MR) is 79.3 cm³/mol. The SMILES string of the molecule is CC(NS(=O)(=O)c1cc(Br)ccc1Br)c1ccco1. The zero-order chi connectivity index (χ0) is 14.0. The van der Waals surface area contributed by atoms with Gasteiger partial charge in [-0.25, -0.2) is 13.1 Å². The third-order valence-electron chi connectivity index (χ3n) is 2.48. The molecule has 0 spiro atoms. The zero-order valence-corrected chi connectivity index (χ0v) is 13.9. The molecule has 0 bridgehead atoms. The van der Waals surface area contributed by atoms with Crippen LogP contribution in [-0.4, -0.2) is 8.42 Å². The molecule has 102 valence electrons. The maximum Gasteiger partial charge on any atom is 0.242 e. The molecule has 19 heavy (non-hydrogen) atoms. The number of furan rings is 1. The summed E-state index contributed by atoms with van der Waals surface area (Å²) in [5, 5.41) is 0. The normalized spacial score (nSPS) is 13.4. The fourth-order valence-corrected chi connectivity index (χ4v) is 4.29. The monoisotopic (exact) mass is 407 g/mol. The standard InChI is InChI=1S/C12H11Br2NO3S/c1-8(11-3-2-6-18-11)15-19(16,17)12-7-9(13)4-5-10(12)14/h2-8,15H,1H3. The van der Waals surface area contributed by atoms with Gasteiger partial charge < -0.3 is 4.42 Å². The molecule has 0 saturated carbocycles. The highest BCUT2D eigenvalue weighted by molar-refractivity contribution is 9.11. The summed E-state index contributed by atoms with van der Waals surface area (Å²) in [5.41, 5.74) is 0. The van der Waals surface area contributed by atoms with Gasteiger partial charge in [0.05, 0.1) is 17.2 Å². The van der Waals surface area contributed by atoms with Crippen LogP contribution in [0.2, 0.25) is 0 Å². The van der Waals surface area contributed by atoms with E-state index in [0.29, 0.717) is 14.7 Å². The van der Waals surface area contributed by atoms with Crippen LogP contribution in [0.1, 0.15) is 18.7 Å². The van der Waals surface area contributed by atoms with Crippen LogP contribution in [0.5, 0.6) is 0 Å². The lowest BCUT2D eigenvalue weighted by atomic mass is 10.3. The summed E-state index contributed by atoms with van der Waals surface area (Å²) in [6, 6.07) is 7.99. The van der Waals surface area contributed by atoms with E-state index in [-0.39, 0.29) is 4.90 Å². The largest absolute Gasteiger partial charge is 0.468 e. The summed E-state index contributed by atoms with van der Waals surface area (Å²) in [6.45, 7) is 1.72. The van der Waals surface area contributed by atoms with Crippen molar-refractivity contribution in [3.05, 3.63) is 51.3 Å². The van der Waals surface area contributed by atoms with Gasteiger partial charge in [-0.05, 0) is 53.2 Å². The summed E-state index contributed by atoms with van der Waals surface area (Å²) in [4.78, 5) is 0.181. The third-order valence-corrected chi connectivity index (χ3v) is 5.51. The Balaban J connectivity index is 2.30. The second kappa shape index (κ2) is 5.78. The lowest BCUT2D eigenvalue weighted by Crippen LogP contribution is -2.27. The maximum absolute atomic E-state index is 12.3. The van der Waals surface area contributed by atoms with Gasteiger partial charge in [0.1, 0.15) is 5.76 Å². The number of halogens is 2. The van der Waals surface area contributed by atoms with Crippen molar-refractivity contribution in [1.29, 1.82) is 0 Å². The van der Waals surface area contributed by atoms with Crippen molar-refractivity contribution in [2.75, 3.05) is 0 Å². The molecule has 0 aliphatic carbocycles. The number of hydrogen-bond donors (Lipinski definition) is 1. The van der Waals surface area contributed by atoms with E-state index in [0.717, 1.165) is 0 Å². The first-order chi connectivity index (χ1) is 8.90. The Hall–Kier alpha value is -0.630. The van der Waals surface area contributed by atoms with E-state index >= 15 is 0 Å². The molecule has 1 heterocycles. The van der Waals surface area contributed by atoms with Crippen molar-refractivity contribution in [2.24, 2.45) is 0 Å². The van der Waals surface area contributed by atoms with Crippen molar-refractivity contribution < 1.29 is 12.8 Å². The lowest BCUT2D eigenvalue weighted by Gasteiger charge is -2.13. The summed E-state index contributed by atoms with van der Waals surface area (Å²) in [5.74, 6) is 0.565. The molecule has 2 aromatic rings. The molecule has 1 N–H and O–H groups in total. The summed E-state index contributed by atoms with van der Waals surface area (Å²) < 4.78 is 33.6. The van der Waals surface area contributed by atoms with Gasteiger partial charge in [-0.3, -0.25) is 0 Å². The summed E-state index contributed by atoms with van der Waals surface area (Å²) in [6.07, 6.45) is 1.51. The molecular formula is C12H11Br2NO3S. The number of hydrogen-bond acceptors (Lipinski definition) is 3. The highest BCUT2D eigenvalue weighted by Gasteiger charge is 2.22. The zero-order valence-electron chi connectivity index (χ0n) is 9.93. The highest BCUT2D eigenvalue weighted by Crippen LogP contribution is 2.27. The van der Waals surface area contributed by atoms with Crippen molar-refractivity contribution in [3.8, 4) is 0 Å². The average molecular weight is 409 g/mol. The van der Waals surface area contributed by atoms with Gasteiger partial charge in [-0.2, -0.15) is 0 Å². The van der Waals surface area contributed by atoms with E-state index in [4.69, 9.17) is 4.42 Å². The summed E-state index contributed by atoms with van der Waals surface area (Å²) in [7, 11) is -3.63. The smallest absolute Gasteiger partial charge is 0.242 e. The lowest BCUT2D eigenvalue weighted by molar-refractivity contribution is 0.459. The average Bonchev–Trinajstić information content (AvgIpc) is 2.85. The first-order valence-corrected chi connectivity index (χ1v) is 8.48. The molecule has 0 radical (unpaired) electrons. The van der Waals surface area contributed by atoms with Crippen LogP contribution in [0, 0.1) is 0 Å². The Labute approximate surface area is 128 Å². The molecule has 1 unspecified atom stereocenters. The first kappa shape index (κ1) is 14.8. The Bertz CT molecular complexity index is 668. The maximum atomic E-state index is 12.3. The molecule has 0 amide bonds. The number of rotatable bonds is 4. The van der Waals surface area contributed by atoms with Crippen LogP contribution in [0.15, 0.2) is 54.9 Å². The number of benzene rings is 1. The molecular weight excluding hydrogens is 398 g/mol. The molecule has 0 saturated heterocycles. The van der Waals surface area contributed by atoms with E-state index in [9.17, 15) is 8.42 Å². The van der Waals surface area contributed by atoms with E-state index in [1.165, 1.54) is 6.26 Å². The van der Waals surface area contributed by atoms with Gasteiger partial charge >= 0.3 is 0 Å². The van der Waals surface area contributed by atoms with Gasteiger partial charge in [0, 0.05) is 8.95 Å². The van der Waals surface area contributed by atoms with Crippen LogP contribution in [0.25, 0.3) is 0 Å². The van der Waals surface area contributed by atoms with Crippen LogP contribution in [-0.2, 0) is 10.0 Å². The first-order valence-electron chi connectivity index (χ1n) is 5.41. The molecule has 1 aromatic carbocycles. The van der Waals surface area contributed by atoms with E-state index in [1.54, 1.807) is 37.3 Å². The van der Waals surface area contributed by atoms with Crippen LogP contribution >= 0.6 is 31.9 Å². The highest BCUT2D eigenvalue weighted by atomic mass is 79.9. The molecule has 4 nitrogen and oxygen atoms in total. The van der Waals surface area contributed by atoms with Crippen molar-refractivity contribution in [1.82, 2.24) is 4.72 Å². The van der Waals surface area contributed by atoms with E-state index in [2.05, 4.69) is 36.6 Å². The Morgan fingerprint density at radius 2 is 2.00 bits per heavy atom. The quantitative estimate of drug-likeness (QED) is 0.835. The summed E-state index contributed by atoms with van der Waals surface area (Å²) >= 11 is 6.50. The van der Waals surface area contributed by atoms with Gasteiger partial charge in [-0.1, -0.05) is 15.9 Å². The molecule has 0 aliphatic rings. The molecule has 1 atom stereocenters. The fourth-order valence-electron chi connectivity index (χ4n) is 1.58. The van der Waals surface area contributed by atoms with Crippen LogP contribution < -0.4 is 4.72 Å². The minimum absolute atomic E-state index is 0.181. The van der Waals surface area contributed by atoms with E-state index in [1.807, 2.05) is 0 Å². The topological polar surface area (TPSA) is 59.3 Å². The van der Waals surface area contributed by atoms with Gasteiger partial charge in [0.15, 0.2) is 0 Å². The van der Waals surface area contributed by atoms with Crippen molar-refractivity contribution in [2.45, 2.75) is 17.9 Å². The second-order valence-corrected chi connectivity index (χ2v) is 7.39. The van der Waals surface area contributed by atoms with Crippen LogP contribution in [0.4, 0.5) is 0 Å². The van der Waals surface area contributed by atoms with Crippen LogP contribution in [0.3, 0.4) is 0 Å². The molecule has 7 heteroatoms. The van der Waals surface area contributed by atoms with Gasteiger partial charge in [-0.15, -0.1) is 0 Å².